The molecule has 0 atom stereocenters. The molecule has 0 radical (unpaired) electrons. The standard InChI is InChI=1S/C19H13NO2S/c1-20-15-8-4-5-9-16(15)23-17(20)11-10-14-18(21)12-6-2-3-7-13(12)19(14)22/h2-11H,1H3/b17-11+. The van der Waals surface area contributed by atoms with E-state index in [9.17, 15) is 9.59 Å². The lowest BCUT2D eigenvalue weighted by Crippen LogP contribution is -2.09. The molecule has 0 saturated carbocycles. The molecule has 0 unspecified atom stereocenters. The number of rotatable bonds is 1. The maximum absolute atomic E-state index is 12.4. The molecule has 2 aliphatic rings. The number of allylic oxidation sites excluding steroid dienone is 3. The Balaban J connectivity index is 1.69. The van der Waals surface area contributed by atoms with Crippen LogP contribution >= 0.6 is 11.8 Å². The lowest BCUT2D eigenvalue weighted by Gasteiger charge is -2.12. The number of anilines is 1. The number of benzene rings is 2. The van der Waals surface area contributed by atoms with E-state index >= 15 is 0 Å². The summed E-state index contributed by atoms with van der Waals surface area (Å²) in [4.78, 5) is 28.0. The first-order chi connectivity index (χ1) is 11.2. The van der Waals surface area contributed by atoms with Gasteiger partial charge in [-0.05, 0) is 24.3 Å². The zero-order valence-corrected chi connectivity index (χ0v) is 13.3. The highest BCUT2D eigenvalue weighted by molar-refractivity contribution is 8.03. The summed E-state index contributed by atoms with van der Waals surface area (Å²) in [6, 6.07) is 15.1. The van der Waals surface area contributed by atoms with E-state index in [4.69, 9.17) is 0 Å². The largest absolute Gasteiger partial charge is 0.338 e. The van der Waals surface area contributed by atoms with E-state index in [1.165, 1.54) is 4.90 Å². The molecule has 0 amide bonds. The van der Waals surface area contributed by atoms with Crippen LogP contribution in [0.5, 0.6) is 0 Å². The third kappa shape index (κ3) is 2.14. The van der Waals surface area contributed by atoms with Crippen molar-refractivity contribution in [1.82, 2.24) is 0 Å². The van der Waals surface area contributed by atoms with Crippen LogP contribution in [0.15, 0.2) is 76.2 Å². The monoisotopic (exact) mass is 319 g/mol. The van der Waals surface area contributed by atoms with Crippen LogP contribution in [0.2, 0.25) is 0 Å². The molecule has 4 heteroatoms. The Hall–Kier alpha value is -2.59. The molecule has 4 rings (SSSR count). The number of Topliss-reactive ketones (excluding diaryl/α,β-unsaturated/α-hetero) is 2. The molecule has 0 fully saturated rings. The molecule has 0 N–H and O–H groups in total. The summed E-state index contributed by atoms with van der Waals surface area (Å²) >= 11 is 1.63. The molecule has 1 aliphatic carbocycles. The summed E-state index contributed by atoms with van der Waals surface area (Å²) in [6.07, 6.45) is 3.50. The van der Waals surface area contributed by atoms with E-state index in [2.05, 4.69) is 17.0 Å². The van der Waals surface area contributed by atoms with Crippen LogP contribution in [0.1, 0.15) is 20.7 Å². The molecular formula is C19H13NO2S. The zero-order chi connectivity index (χ0) is 16.0. The molecule has 23 heavy (non-hydrogen) atoms. The van der Waals surface area contributed by atoms with Gasteiger partial charge >= 0.3 is 0 Å². The van der Waals surface area contributed by atoms with Crippen molar-refractivity contribution in [3.8, 4) is 0 Å². The Bertz CT molecular complexity index is 874. The molecule has 0 spiro atoms. The number of thioether (sulfide) groups is 1. The molecule has 1 heterocycles. The maximum Gasteiger partial charge on any atom is 0.197 e. The summed E-state index contributed by atoms with van der Waals surface area (Å²) in [6.45, 7) is 0. The normalized spacial score (nSPS) is 17.7. The van der Waals surface area contributed by atoms with Gasteiger partial charge in [-0.3, -0.25) is 9.59 Å². The van der Waals surface area contributed by atoms with E-state index in [-0.39, 0.29) is 17.1 Å². The van der Waals surface area contributed by atoms with E-state index in [0.29, 0.717) is 11.1 Å². The average molecular weight is 319 g/mol. The van der Waals surface area contributed by atoms with Crippen LogP contribution in [0.25, 0.3) is 0 Å². The molecular weight excluding hydrogens is 306 g/mol. The van der Waals surface area contributed by atoms with Crippen molar-refractivity contribution in [3.05, 3.63) is 82.4 Å². The first kappa shape index (κ1) is 14.0. The second-order valence-electron chi connectivity index (χ2n) is 5.42. The minimum atomic E-state index is -0.189. The first-order valence-electron chi connectivity index (χ1n) is 7.28. The van der Waals surface area contributed by atoms with Crippen molar-refractivity contribution in [2.75, 3.05) is 11.9 Å². The molecule has 112 valence electrons. The Labute approximate surface area is 138 Å². The fraction of sp³-hybridized carbons (Fsp3) is 0.0526. The molecule has 3 nitrogen and oxygen atoms in total. The van der Waals surface area contributed by atoms with E-state index in [1.807, 2.05) is 25.3 Å². The predicted molar refractivity (Wildman–Crippen MR) is 92.0 cm³/mol. The van der Waals surface area contributed by atoms with Crippen LogP contribution < -0.4 is 4.90 Å². The van der Waals surface area contributed by atoms with Crippen molar-refractivity contribution in [1.29, 1.82) is 0 Å². The van der Waals surface area contributed by atoms with E-state index < -0.39 is 0 Å². The van der Waals surface area contributed by atoms with Crippen molar-refractivity contribution < 1.29 is 9.59 Å². The minimum absolute atomic E-state index is 0.189. The van der Waals surface area contributed by atoms with Gasteiger partial charge in [0.25, 0.3) is 0 Å². The van der Waals surface area contributed by atoms with Crippen LogP contribution in [0.4, 0.5) is 5.69 Å². The van der Waals surface area contributed by atoms with Gasteiger partial charge in [0, 0.05) is 23.1 Å². The lowest BCUT2D eigenvalue weighted by molar-refractivity contribution is 0.0989. The number of para-hydroxylation sites is 1. The zero-order valence-electron chi connectivity index (χ0n) is 12.4. The van der Waals surface area contributed by atoms with E-state index in [0.717, 1.165) is 10.7 Å². The Kier molecular flexibility index (Phi) is 3.20. The summed E-state index contributed by atoms with van der Waals surface area (Å²) in [7, 11) is 1.98. The molecule has 2 aromatic carbocycles. The minimum Gasteiger partial charge on any atom is -0.338 e. The van der Waals surface area contributed by atoms with Gasteiger partial charge < -0.3 is 4.90 Å². The average Bonchev–Trinajstić information content (AvgIpc) is 3.02. The lowest BCUT2D eigenvalue weighted by atomic mass is 10.1. The van der Waals surface area contributed by atoms with Crippen molar-refractivity contribution >= 4 is 29.0 Å². The Morgan fingerprint density at radius 3 is 2.13 bits per heavy atom. The fourth-order valence-corrected chi connectivity index (χ4v) is 3.90. The number of ketones is 2. The third-order valence-corrected chi connectivity index (χ3v) is 5.25. The van der Waals surface area contributed by atoms with Gasteiger partial charge in [0.2, 0.25) is 0 Å². The molecule has 0 bridgehead atoms. The highest BCUT2D eigenvalue weighted by Gasteiger charge is 2.32. The molecule has 2 aromatic rings. The van der Waals surface area contributed by atoms with E-state index in [1.54, 1.807) is 42.1 Å². The van der Waals surface area contributed by atoms with Crippen molar-refractivity contribution in [2.24, 2.45) is 0 Å². The Morgan fingerprint density at radius 2 is 1.48 bits per heavy atom. The highest BCUT2D eigenvalue weighted by atomic mass is 32.2. The molecule has 0 saturated heterocycles. The van der Waals surface area contributed by atoms with Gasteiger partial charge in [0.1, 0.15) is 0 Å². The van der Waals surface area contributed by atoms with Gasteiger partial charge in [0.15, 0.2) is 11.6 Å². The Morgan fingerprint density at radius 1 is 0.870 bits per heavy atom. The summed E-state index contributed by atoms with van der Waals surface area (Å²) < 4.78 is 0. The first-order valence-corrected chi connectivity index (χ1v) is 8.09. The topological polar surface area (TPSA) is 37.4 Å². The van der Waals surface area contributed by atoms with Crippen LogP contribution in [0.3, 0.4) is 0 Å². The smallest absolute Gasteiger partial charge is 0.197 e. The van der Waals surface area contributed by atoms with Gasteiger partial charge in [0.05, 0.1) is 16.3 Å². The molecule has 0 aromatic heterocycles. The number of fused-ring (bicyclic) bond motifs is 2. The number of carbonyl (C=O) groups is 2. The predicted octanol–water partition coefficient (Wildman–Crippen LogP) is 4.08. The van der Waals surface area contributed by atoms with Crippen LogP contribution in [0, 0.1) is 0 Å². The quantitative estimate of drug-likeness (QED) is 0.586. The SMILES string of the molecule is CN1/C(=C\C=C2C(=O)c3ccccc3C2=O)Sc2ccccc21. The van der Waals surface area contributed by atoms with Gasteiger partial charge in [-0.15, -0.1) is 0 Å². The van der Waals surface area contributed by atoms with Gasteiger partial charge in [-0.25, -0.2) is 0 Å². The molecule has 1 aliphatic heterocycles. The van der Waals surface area contributed by atoms with Gasteiger partial charge in [-0.1, -0.05) is 48.2 Å². The second-order valence-corrected chi connectivity index (χ2v) is 6.48. The summed E-state index contributed by atoms with van der Waals surface area (Å²) in [5, 5.41) is 0.996. The third-order valence-electron chi connectivity index (χ3n) is 4.07. The second kappa shape index (κ2) is 5.25. The van der Waals surface area contributed by atoms with Crippen LogP contribution in [-0.4, -0.2) is 18.6 Å². The number of hydrogen-bond acceptors (Lipinski definition) is 4. The van der Waals surface area contributed by atoms with Gasteiger partial charge in [-0.2, -0.15) is 0 Å². The van der Waals surface area contributed by atoms with Crippen LogP contribution in [-0.2, 0) is 0 Å². The number of nitrogens with zero attached hydrogens (tertiary/aromatic N) is 1. The van der Waals surface area contributed by atoms with Crippen molar-refractivity contribution in [2.45, 2.75) is 4.90 Å². The summed E-state index contributed by atoms with van der Waals surface area (Å²) in [5.74, 6) is -0.378. The fourth-order valence-electron chi connectivity index (χ4n) is 2.84. The summed E-state index contributed by atoms with van der Waals surface area (Å²) in [5.41, 5.74) is 2.37. The highest BCUT2D eigenvalue weighted by Crippen LogP contribution is 2.44. The van der Waals surface area contributed by atoms with Crippen molar-refractivity contribution in [3.63, 3.8) is 0 Å². The number of hydrogen-bond donors (Lipinski definition) is 0. The number of carbonyl (C=O) groups excluding carboxylic acids is 2. The maximum atomic E-state index is 12.4.